The predicted molar refractivity (Wildman–Crippen MR) is 119 cm³/mol. The van der Waals surface area contributed by atoms with Crippen molar-refractivity contribution in [1.82, 2.24) is 20.8 Å². The Bertz CT molecular complexity index is 1210. The molecule has 3 aromatic rings. The second-order valence-corrected chi connectivity index (χ2v) is 7.19. The lowest BCUT2D eigenvalue weighted by molar-refractivity contribution is -0.383. The summed E-state index contributed by atoms with van der Waals surface area (Å²) in [5.41, 5.74) is 8.80. The number of halogens is 3. The van der Waals surface area contributed by atoms with Crippen LogP contribution >= 0.6 is 34.8 Å². The monoisotopic (exact) mass is 495 g/mol. The van der Waals surface area contributed by atoms with E-state index < -0.39 is 22.4 Å². The van der Waals surface area contributed by atoms with Gasteiger partial charge in [0, 0.05) is 5.02 Å². The summed E-state index contributed by atoms with van der Waals surface area (Å²) >= 11 is 17.7. The summed E-state index contributed by atoms with van der Waals surface area (Å²) < 4.78 is 0. The summed E-state index contributed by atoms with van der Waals surface area (Å²) in [5, 5.41) is 12.2. The number of hydrogen-bond acceptors (Lipinski definition) is 8. The summed E-state index contributed by atoms with van der Waals surface area (Å²) in [7, 11) is 0. The van der Waals surface area contributed by atoms with Gasteiger partial charge in [0.15, 0.2) is 0 Å². The van der Waals surface area contributed by atoms with E-state index in [9.17, 15) is 19.7 Å². The number of amides is 2. The van der Waals surface area contributed by atoms with Gasteiger partial charge in [-0.15, -0.1) is 0 Å². The molecular formula is C18H12Cl3N7O4. The van der Waals surface area contributed by atoms with Crippen LogP contribution in [-0.4, -0.2) is 26.7 Å². The number of hydrogen-bond donors (Lipinski definition) is 4. The van der Waals surface area contributed by atoms with Gasteiger partial charge in [-0.3, -0.25) is 41.4 Å². The molecule has 14 heteroatoms. The highest BCUT2D eigenvalue weighted by molar-refractivity contribution is 6.36. The highest BCUT2D eigenvalue weighted by Crippen LogP contribution is 2.28. The first-order chi connectivity index (χ1) is 15.3. The highest BCUT2D eigenvalue weighted by atomic mass is 35.5. The van der Waals surface area contributed by atoms with E-state index in [1.165, 1.54) is 30.3 Å². The number of carbonyl (C=O) groups is 2. The second-order valence-electron chi connectivity index (χ2n) is 5.94. The van der Waals surface area contributed by atoms with E-state index in [4.69, 9.17) is 34.8 Å². The molecule has 1 aromatic heterocycles. The first kappa shape index (κ1) is 23.0. The fourth-order valence-corrected chi connectivity index (χ4v) is 3.14. The molecule has 0 aliphatic rings. The summed E-state index contributed by atoms with van der Waals surface area (Å²) in [6.07, 6.45) is 0.987. The molecule has 0 radical (unpaired) electrons. The van der Waals surface area contributed by atoms with Crippen molar-refractivity contribution in [3.8, 4) is 0 Å². The van der Waals surface area contributed by atoms with Crippen molar-refractivity contribution < 1.29 is 14.5 Å². The fraction of sp³-hybridized carbons (Fsp3) is 0. The zero-order valence-electron chi connectivity index (χ0n) is 15.7. The molecule has 2 amide bonds. The molecule has 2 aromatic carbocycles. The predicted octanol–water partition coefficient (Wildman–Crippen LogP) is 3.86. The van der Waals surface area contributed by atoms with Crippen LogP contribution in [0.15, 0.2) is 48.8 Å². The van der Waals surface area contributed by atoms with Crippen LogP contribution in [0.2, 0.25) is 15.1 Å². The molecule has 0 saturated carbocycles. The quantitative estimate of drug-likeness (QED) is 0.284. The minimum absolute atomic E-state index is 0.0747. The van der Waals surface area contributed by atoms with Crippen LogP contribution in [0.3, 0.4) is 0 Å². The Hall–Kier alpha value is -3.67. The van der Waals surface area contributed by atoms with Crippen molar-refractivity contribution in [1.29, 1.82) is 0 Å². The number of carbonyl (C=O) groups excluding carboxylic acids is 2. The summed E-state index contributed by atoms with van der Waals surface area (Å²) in [6.45, 7) is 0. The highest BCUT2D eigenvalue weighted by Gasteiger charge is 2.24. The molecule has 0 aliphatic heterocycles. The van der Waals surface area contributed by atoms with Gasteiger partial charge >= 0.3 is 5.69 Å². The van der Waals surface area contributed by atoms with E-state index in [0.29, 0.717) is 5.02 Å². The smallest absolute Gasteiger partial charge is 0.276 e. The molecular weight excluding hydrogens is 485 g/mol. The molecule has 4 N–H and O–H groups in total. The SMILES string of the molecule is O=C(NNc1ncnc(NNC(=O)c2ccc(Cl)cc2Cl)c1[N+](=O)[O-])c1ccccc1Cl. The van der Waals surface area contributed by atoms with Gasteiger partial charge in [0.05, 0.1) is 26.1 Å². The van der Waals surface area contributed by atoms with Crippen molar-refractivity contribution in [2.75, 3.05) is 10.9 Å². The third kappa shape index (κ3) is 5.32. The first-order valence-electron chi connectivity index (χ1n) is 8.59. The minimum Gasteiger partial charge on any atom is -0.276 e. The van der Waals surface area contributed by atoms with Gasteiger partial charge in [0.1, 0.15) is 6.33 Å². The molecule has 11 nitrogen and oxygen atoms in total. The largest absolute Gasteiger partial charge is 0.356 e. The van der Waals surface area contributed by atoms with Gasteiger partial charge < -0.3 is 0 Å². The van der Waals surface area contributed by atoms with Crippen molar-refractivity contribution in [3.63, 3.8) is 0 Å². The molecule has 0 saturated heterocycles. The summed E-state index contributed by atoms with van der Waals surface area (Å²) in [5.74, 6) is -2.03. The molecule has 164 valence electrons. The van der Waals surface area contributed by atoms with Gasteiger partial charge in [-0.2, -0.15) is 0 Å². The van der Waals surface area contributed by atoms with Crippen molar-refractivity contribution in [3.05, 3.63) is 85.1 Å². The van der Waals surface area contributed by atoms with Crippen LogP contribution in [0.1, 0.15) is 20.7 Å². The Morgan fingerprint density at radius 1 is 0.844 bits per heavy atom. The molecule has 0 unspecified atom stereocenters. The Kier molecular flexibility index (Phi) is 7.25. The fourth-order valence-electron chi connectivity index (χ4n) is 2.42. The van der Waals surface area contributed by atoms with E-state index >= 15 is 0 Å². The van der Waals surface area contributed by atoms with Crippen molar-refractivity contribution in [2.24, 2.45) is 0 Å². The normalized spacial score (nSPS) is 10.2. The van der Waals surface area contributed by atoms with Crippen LogP contribution in [0, 0.1) is 10.1 Å². The van der Waals surface area contributed by atoms with Crippen molar-refractivity contribution in [2.45, 2.75) is 0 Å². The molecule has 3 rings (SSSR count). The molecule has 1 heterocycles. The Morgan fingerprint density at radius 2 is 1.41 bits per heavy atom. The van der Waals surface area contributed by atoms with E-state index in [2.05, 4.69) is 31.7 Å². The number of nitrogens with zero attached hydrogens (tertiary/aromatic N) is 3. The number of benzene rings is 2. The number of nitrogens with one attached hydrogen (secondary N) is 4. The van der Waals surface area contributed by atoms with Gasteiger partial charge in [-0.05, 0) is 30.3 Å². The number of nitro groups is 1. The Balaban J connectivity index is 1.76. The summed E-state index contributed by atoms with van der Waals surface area (Å²) in [6, 6.07) is 10.4. The molecule has 32 heavy (non-hydrogen) atoms. The van der Waals surface area contributed by atoms with Crippen LogP contribution in [0.4, 0.5) is 17.3 Å². The lowest BCUT2D eigenvalue weighted by Crippen LogP contribution is -2.32. The molecule has 0 spiro atoms. The van der Waals surface area contributed by atoms with Crippen molar-refractivity contribution >= 4 is 63.9 Å². The average molecular weight is 497 g/mol. The second kappa shape index (κ2) is 10.1. The standard InChI is InChI=1S/C18H12Cl3N7O4/c19-9-5-6-11(13(21)7-9)18(30)27-25-16-14(28(31)32)15(22-8-23-16)24-26-17(29)10-3-1-2-4-12(10)20/h1-8H,(H,26,29)(H,27,30)(H2,22,23,24,25). The third-order valence-electron chi connectivity index (χ3n) is 3.89. The number of aromatic nitrogens is 2. The van der Waals surface area contributed by atoms with Crippen LogP contribution in [0.25, 0.3) is 0 Å². The average Bonchev–Trinajstić information content (AvgIpc) is 2.75. The molecule has 0 fully saturated rings. The van der Waals surface area contributed by atoms with Gasteiger partial charge in [0.25, 0.3) is 11.8 Å². The van der Waals surface area contributed by atoms with Gasteiger partial charge in [-0.1, -0.05) is 46.9 Å². The lowest BCUT2D eigenvalue weighted by Gasteiger charge is -2.12. The minimum atomic E-state index is -0.798. The number of rotatable bonds is 7. The molecule has 0 aliphatic carbocycles. The van der Waals surface area contributed by atoms with E-state index in [1.54, 1.807) is 12.1 Å². The Morgan fingerprint density at radius 3 is 1.94 bits per heavy atom. The van der Waals surface area contributed by atoms with E-state index in [1.807, 2.05) is 0 Å². The lowest BCUT2D eigenvalue weighted by atomic mass is 10.2. The molecule has 0 bridgehead atoms. The molecule has 0 atom stereocenters. The third-order valence-corrected chi connectivity index (χ3v) is 4.77. The van der Waals surface area contributed by atoms with E-state index in [-0.39, 0.29) is 32.8 Å². The van der Waals surface area contributed by atoms with Crippen LogP contribution in [-0.2, 0) is 0 Å². The topological polar surface area (TPSA) is 151 Å². The first-order valence-corrected chi connectivity index (χ1v) is 9.73. The van der Waals surface area contributed by atoms with E-state index in [0.717, 1.165) is 6.33 Å². The zero-order valence-corrected chi connectivity index (χ0v) is 18.0. The maximum absolute atomic E-state index is 12.3. The van der Waals surface area contributed by atoms with Gasteiger partial charge in [0.2, 0.25) is 11.6 Å². The van der Waals surface area contributed by atoms with Crippen LogP contribution < -0.4 is 21.7 Å². The number of anilines is 2. The maximum atomic E-state index is 12.3. The van der Waals surface area contributed by atoms with Gasteiger partial charge in [-0.25, -0.2) is 9.97 Å². The Labute approximate surface area is 195 Å². The van der Waals surface area contributed by atoms with Crippen LogP contribution in [0.5, 0.6) is 0 Å². The number of hydrazine groups is 2. The maximum Gasteiger partial charge on any atom is 0.356 e. The zero-order chi connectivity index (χ0) is 23.3. The summed E-state index contributed by atoms with van der Waals surface area (Å²) in [4.78, 5) is 42.9.